The SMILES string of the molecule is Cc1ccc(-n2nnnc2SCC(=O)N2CC=C(c3ccccc3)CC2)cc1C. The van der Waals surface area contributed by atoms with E-state index in [-0.39, 0.29) is 5.91 Å². The first-order valence-corrected chi connectivity index (χ1v) is 10.6. The highest BCUT2D eigenvalue weighted by Crippen LogP contribution is 2.24. The summed E-state index contributed by atoms with van der Waals surface area (Å²) in [6.07, 6.45) is 3.03. The lowest BCUT2D eigenvalue weighted by molar-refractivity contribution is -0.127. The van der Waals surface area contributed by atoms with Gasteiger partial charge in [0.2, 0.25) is 11.1 Å². The van der Waals surface area contributed by atoms with Crippen molar-refractivity contribution in [3.05, 3.63) is 71.3 Å². The van der Waals surface area contributed by atoms with Gasteiger partial charge in [-0.2, -0.15) is 4.68 Å². The van der Waals surface area contributed by atoms with Crippen LogP contribution in [0.5, 0.6) is 0 Å². The molecule has 0 unspecified atom stereocenters. The Morgan fingerprint density at radius 1 is 1.10 bits per heavy atom. The summed E-state index contributed by atoms with van der Waals surface area (Å²) in [7, 11) is 0. The zero-order valence-electron chi connectivity index (χ0n) is 16.6. The van der Waals surface area contributed by atoms with E-state index in [2.05, 4.69) is 59.7 Å². The van der Waals surface area contributed by atoms with E-state index in [1.54, 1.807) is 4.68 Å². The highest BCUT2D eigenvalue weighted by atomic mass is 32.2. The van der Waals surface area contributed by atoms with E-state index in [0.717, 1.165) is 18.7 Å². The van der Waals surface area contributed by atoms with Gasteiger partial charge in [0.1, 0.15) is 0 Å². The van der Waals surface area contributed by atoms with Crippen molar-refractivity contribution in [1.29, 1.82) is 0 Å². The van der Waals surface area contributed by atoms with E-state index in [9.17, 15) is 4.79 Å². The zero-order valence-corrected chi connectivity index (χ0v) is 17.4. The number of carbonyl (C=O) groups is 1. The number of tetrazole rings is 1. The van der Waals surface area contributed by atoms with Crippen LogP contribution in [-0.4, -0.2) is 49.9 Å². The predicted octanol–water partition coefficient (Wildman–Crippen LogP) is 3.69. The second kappa shape index (κ2) is 8.61. The van der Waals surface area contributed by atoms with Crippen LogP contribution in [0.3, 0.4) is 0 Å². The van der Waals surface area contributed by atoms with E-state index in [1.807, 2.05) is 29.2 Å². The normalized spacial score (nSPS) is 14.0. The molecule has 1 aliphatic rings. The summed E-state index contributed by atoms with van der Waals surface area (Å²) in [4.78, 5) is 14.6. The lowest BCUT2D eigenvalue weighted by atomic mass is 10.00. The Labute approximate surface area is 174 Å². The number of amides is 1. The smallest absolute Gasteiger partial charge is 0.233 e. The van der Waals surface area contributed by atoms with E-state index < -0.39 is 0 Å². The van der Waals surface area contributed by atoms with Crippen molar-refractivity contribution in [2.24, 2.45) is 0 Å². The molecule has 7 heteroatoms. The fourth-order valence-electron chi connectivity index (χ4n) is 3.32. The minimum atomic E-state index is 0.105. The highest BCUT2D eigenvalue weighted by molar-refractivity contribution is 7.99. The Morgan fingerprint density at radius 3 is 2.66 bits per heavy atom. The molecule has 0 atom stereocenters. The number of thioether (sulfide) groups is 1. The van der Waals surface area contributed by atoms with Crippen molar-refractivity contribution in [3.8, 4) is 5.69 Å². The van der Waals surface area contributed by atoms with E-state index >= 15 is 0 Å². The molecule has 0 bridgehead atoms. The number of carbonyl (C=O) groups excluding carboxylic acids is 1. The molecule has 0 N–H and O–H groups in total. The molecule has 148 valence electrons. The Bertz CT molecular complexity index is 1040. The minimum Gasteiger partial charge on any atom is -0.338 e. The molecule has 2 aromatic carbocycles. The monoisotopic (exact) mass is 405 g/mol. The van der Waals surface area contributed by atoms with Gasteiger partial charge in [0.15, 0.2) is 0 Å². The topological polar surface area (TPSA) is 63.9 Å². The number of rotatable bonds is 5. The molecule has 0 spiro atoms. The van der Waals surface area contributed by atoms with Gasteiger partial charge >= 0.3 is 0 Å². The Balaban J connectivity index is 1.38. The van der Waals surface area contributed by atoms with Crippen molar-refractivity contribution in [3.63, 3.8) is 0 Å². The van der Waals surface area contributed by atoms with Crippen molar-refractivity contribution in [1.82, 2.24) is 25.1 Å². The second-order valence-electron chi connectivity index (χ2n) is 7.12. The summed E-state index contributed by atoms with van der Waals surface area (Å²) >= 11 is 1.37. The summed E-state index contributed by atoms with van der Waals surface area (Å²) in [5.74, 6) is 0.424. The third-order valence-electron chi connectivity index (χ3n) is 5.21. The fourth-order valence-corrected chi connectivity index (χ4v) is 4.11. The van der Waals surface area contributed by atoms with Crippen LogP contribution in [0.4, 0.5) is 0 Å². The summed E-state index contributed by atoms with van der Waals surface area (Å²) in [6, 6.07) is 16.4. The lowest BCUT2D eigenvalue weighted by Crippen LogP contribution is -2.35. The van der Waals surface area contributed by atoms with Gasteiger partial charge in [-0.05, 0) is 65.1 Å². The van der Waals surface area contributed by atoms with Crippen LogP contribution >= 0.6 is 11.8 Å². The number of aromatic nitrogens is 4. The third-order valence-corrected chi connectivity index (χ3v) is 6.11. The average molecular weight is 406 g/mol. The maximum atomic E-state index is 12.7. The molecule has 29 heavy (non-hydrogen) atoms. The van der Waals surface area contributed by atoms with Crippen molar-refractivity contribution >= 4 is 23.2 Å². The molecule has 1 amide bonds. The van der Waals surface area contributed by atoms with Crippen LogP contribution in [0.25, 0.3) is 11.3 Å². The molecule has 4 rings (SSSR count). The number of nitrogens with zero attached hydrogens (tertiary/aromatic N) is 5. The van der Waals surface area contributed by atoms with Gasteiger partial charge in [0.25, 0.3) is 0 Å². The van der Waals surface area contributed by atoms with Crippen LogP contribution in [0, 0.1) is 13.8 Å². The quantitative estimate of drug-likeness (QED) is 0.606. The average Bonchev–Trinajstić information content (AvgIpc) is 3.23. The van der Waals surface area contributed by atoms with Gasteiger partial charge < -0.3 is 4.90 Å². The third kappa shape index (κ3) is 4.40. The number of hydrogen-bond donors (Lipinski definition) is 0. The van der Waals surface area contributed by atoms with Crippen LogP contribution in [-0.2, 0) is 4.79 Å². The first-order valence-electron chi connectivity index (χ1n) is 9.63. The molecule has 6 nitrogen and oxygen atoms in total. The maximum Gasteiger partial charge on any atom is 0.233 e. The van der Waals surface area contributed by atoms with E-state index in [4.69, 9.17) is 0 Å². The van der Waals surface area contributed by atoms with Crippen LogP contribution in [0.15, 0.2) is 59.8 Å². The van der Waals surface area contributed by atoms with Gasteiger partial charge in [0, 0.05) is 13.1 Å². The molecule has 0 fully saturated rings. The number of hydrogen-bond acceptors (Lipinski definition) is 5. The molecular formula is C22H23N5OS. The standard InChI is InChI=1S/C22H23N5OS/c1-16-8-9-20(14-17(16)2)27-22(23-24-25-27)29-15-21(28)26-12-10-19(11-13-26)18-6-4-3-5-7-18/h3-10,14H,11-13,15H2,1-2H3. The molecule has 2 heterocycles. The van der Waals surface area contributed by atoms with Crippen molar-refractivity contribution < 1.29 is 4.79 Å². The zero-order chi connectivity index (χ0) is 20.2. The maximum absolute atomic E-state index is 12.7. The second-order valence-corrected chi connectivity index (χ2v) is 8.06. The summed E-state index contributed by atoms with van der Waals surface area (Å²) in [5, 5.41) is 12.6. The fraction of sp³-hybridized carbons (Fsp3) is 0.273. The number of benzene rings is 2. The Kier molecular flexibility index (Phi) is 5.76. The summed E-state index contributed by atoms with van der Waals surface area (Å²) < 4.78 is 1.69. The van der Waals surface area contributed by atoms with Gasteiger partial charge in [-0.25, -0.2) is 0 Å². The first-order chi connectivity index (χ1) is 14.1. The van der Waals surface area contributed by atoms with Gasteiger partial charge in [-0.15, -0.1) is 5.10 Å². The number of aryl methyl sites for hydroxylation is 2. The molecule has 0 aliphatic carbocycles. The molecule has 1 aromatic heterocycles. The molecule has 0 saturated carbocycles. The molecule has 3 aromatic rings. The van der Waals surface area contributed by atoms with Crippen molar-refractivity contribution in [2.45, 2.75) is 25.4 Å². The largest absolute Gasteiger partial charge is 0.338 e. The van der Waals surface area contributed by atoms with E-state index in [0.29, 0.717) is 17.5 Å². The molecule has 0 radical (unpaired) electrons. The van der Waals surface area contributed by atoms with Gasteiger partial charge in [-0.1, -0.05) is 54.2 Å². The Hall–Kier alpha value is -2.93. The summed E-state index contributed by atoms with van der Waals surface area (Å²) in [6.45, 7) is 5.52. The first kappa shape index (κ1) is 19.4. The molecule has 0 saturated heterocycles. The highest BCUT2D eigenvalue weighted by Gasteiger charge is 2.19. The lowest BCUT2D eigenvalue weighted by Gasteiger charge is -2.26. The van der Waals surface area contributed by atoms with Crippen LogP contribution < -0.4 is 0 Å². The van der Waals surface area contributed by atoms with Crippen molar-refractivity contribution in [2.75, 3.05) is 18.8 Å². The van der Waals surface area contributed by atoms with Crippen LogP contribution in [0.2, 0.25) is 0 Å². The Morgan fingerprint density at radius 2 is 1.93 bits per heavy atom. The minimum absolute atomic E-state index is 0.105. The van der Waals surface area contributed by atoms with Crippen LogP contribution in [0.1, 0.15) is 23.1 Å². The van der Waals surface area contributed by atoms with Gasteiger partial charge in [-0.3, -0.25) is 4.79 Å². The molecule has 1 aliphatic heterocycles. The molecular weight excluding hydrogens is 382 g/mol. The summed E-state index contributed by atoms with van der Waals surface area (Å²) in [5.41, 5.74) is 5.85. The van der Waals surface area contributed by atoms with Gasteiger partial charge in [0.05, 0.1) is 11.4 Å². The predicted molar refractivity (Wildman–Crippen MR) is 115 cm³/mol. The van der Waals surface area contributed by atoms with E-state index in [1.165, 1.54) is 34.0 Å².